The minimum Gasteiger partial charge on any atom is -0.497 e. The first-order chi connectivity index (χ1) is 15.1. The second kappa shape index (κ2) is 9.18. The lowest BCUT2D eigenvalue weighted by atomic mass is 10.1. The number of methoxy groups -OCH3 is 2. The number of carbonyl (C=O) groups excluding carboxylic acids is 1. The predicted molar refractivity (Wildman–Crippen MR) is 115 cm³/mol. The van der Waals surface area contributed by atoms with Crippen LogP contribution >= 0.6 is 0 Å². The Morgan fingerprint density at radius 1 is 1.00 bits per heavy atom. The number of amides is 1. The van der Waals surface area contributed by atoms with Crippen molar-refractivity contribution in [2.75, 3.05) is 40.4 Å². The number of hydrogen-bond donors (Lipinski definition) is 0. The Bertz CT molecular complexity index is 1020. The number of aryl methyl sites for hydroxylation is 1. The molecule has 1 fully saturated rings. The molecule has 8 heteroatoms. The first kappa shape index (κ1) is 20.9. The summed E-state index contributed by atoms with van der Waals surface area (Å²) in [5.74, 6) is 2.34. The predicted octanol–water partition coefficient (Wildman–Crippen LogP) is 3.02. The fourth-order valence-electron chi connectivity index (χ4n) is 3.55. The zero-order valence-corrected chi connectivity index (χ0v) is 18.0. The van der Waals surface area contributed by atoms with Crippen LogP contribution in [-0.4, -0.2) is 66.2 Å². The summed E-state index contributed by atoms with van der Waals surface area (Å²) in [6.07, 6.45) is 0. The summed E-state index contributed by atoms with van der Waals surface area (Å²) in [6, 6.07) is 13.3. The molecule has 1 aliphatic heterocycles. The fourth-order valence-corrected chi connectivity index (χ4v) is 3.55. The molecule has 2 heterocycles. The Hall–Kier alpha value is -3.39. The van der Waals surface area contributed by atoms with E-state index >= 15 is 0 Å². The first-order valence-electron chi connectivity index (χ1n) is 10.2. The van der Waals surface area contributed by atoms with Crippen LogP contribution in [0.1, 0.15) is 21.8 Å². The van der Waals surface area contributed by atoms with Crippen LogP contribution in [0.25, 0.3) is 11.4 Å². The highest BCUT2D eigenvalue weighted by molar-refractivity contribution is 5.95. The van der Waals surface area contributed by atoms with Crippen LogP contribution in [-0.2, 0) is 6.54 Å². The molecule has 1 saturated heterocycles. The highest BCUT2D eigenvalue weighted by Crippen LogP contribution is 2.24. The molecule has 162 valence electrons. The molecule has 0 bridgehead atoms. The summed E-state index contributed by atoms with van der Waals surface area (Å²) in [6.45, 7) is 5.31. The van der Waals surface area contributed by atoms with Crippen LogP contribution < -0.4 is 9.47 Å². The Morgan fingerprint density at radius 2 is 1.65 bits per heavy atom. The molecule has 0 saturated carbocycles. The van der Waals surface area contributed by atoms with E-state index in [2.05, 4.69) is 15.0 Å². The summed E-state index contributed by atoms with van der Waals surface area (Å²) in [5, 5.41) is 4.10. The molecule has 0 N–H and O–H groups in total. The molecule has 0 unspecified atom stereocenters. The third-order valence-corrected chi connectivity index (χ3v) is 5.39. The van der Waals surface area contributed by atoms with E-state index in [1.165, 1.54) is 5.56 Å². The normalized spacial score (nSPS) is 14.5. The van der Waals surface area contributed by atoms with Gasteiger partial charge in [0.15, 0.2) is 0 Å². The highest BCUT2D eigenvalue weighted by atomic mass is 16.5. The van der Waals surface area contributed by atoms with E-state index in [1.807, 2.05) is 36.1 Å². The third-order valence-electron chi connectivity index (χ3n) is 5.39. The van der Waals surface area contributed by atoms with Crippen LogP contribution in [0.15, 0.2) is 47.0 Å². The van der Waals surface area contributed by atoms with Crippen molar-refractivity contribution in [3.63, 3.8) is 0 Å². The van der Waals surface area contributed by atoms with Crippen molar-refractivity contribution in [1.29, 1.82) is 0 Å². The molecule has 0 spiro atoms. The largest absolute Gasteiger partial charge is 0.497 e. The van der Waals surface area contributed by atoms with Crippen LogP contribution in [0, 0.1) is 6.92 Å². The van der Waals surface area contributed by atoms with E-state index in [1.54, 1.807) is 32.4 Å². The molecular formula is C23H26N4O4. The zero-order valence-electron chi connectivity index (χ0n) is 18.0. The average Bonchev–Trinajstić information content (AvgIpc) is 3.27. The van der Waals surface area contributed by atoms with Gasteiger partial charge in [-0.25, -0.2) is 0 Å². The van der Waals surface area contributed by atoms with Crippen molar-refractivity contribution < 1.29 is 18.8 Å². The van der Waals surface area contributed by atoms with Gasteiger partial charge < -0.3 is 18.9 Å². The molecule has 1 aliphatic rings. The standard InChI is InChI=1S/C23H26N4O4/c1-16-4-6-17(7-5-16)22-24-21(31-25-22)15-26-8-10-27(11-9-26)23(28)18-12-19(29-2)14-20(13-18)30-3/h4-7,12-14H,8-11,15H2,1-3H3. The maximum Gasteiger partial charge on any atom is 0.254 e. The lowest BCUT2D eigenvalue weighted by molar-refractivity contribution is 0.0614. The number of benzene rings is 2. The maximum absolute atomic E-state index is 12.9. The van der Waals surface area contributed by atoms with Crippen molar-refractivity contribution >= 4 is 5.91 Å². The number of aromatic nitrogens is 2. The Balaban J connectivity index is 1.35. The quantitative estimate of drug-likeness (QED) is 0.604. The van der Waals surface area contributed by atoms with Crippen molar-refractivity contribution in [3.8, 4) is 22.9 Å². The number of nitrogens with zero attached hydrogens (tertiary/aromatic N) is 4. The lowest BCUT2D eigenvalue weighted by Gasteiger charge is -2.34. The minimum absolute atomic E-state index is 0.0312. The average molecular weight is 422 g/mol. The Morgan fingerprint density at radius 3 is 2.26 bits per heavy atom. The minimum atomic E-state index is -0.0312. The van der Waals surface area contributed by atoms with E-state index in [9.17, 15) is 4.79 Å². The van der Waals surface area contributed by atoms with E-state index in [0.29, 0.717) is 48.4 Å². The summed E-state index contributed by atoms with van der Waals surface area (Å²) in [5.41, 5.74) is 2.68. The number of rotatable bonds is 6. The van der Waals surface area contributed by atoms with Gasteiger partial charge >= 0.3 is 0 Å². The van der Waals surface area contributed by atoms with E-state index in [4.69, 9.17) is 14.0 Å². The molecule has 3 aromatic rings. The van der Waals surface area contributed by atoms with Gasteiger partial charge in [0.05, 0.1) is 20.8 Å². The van der Waals surface area contributed by atoms with Gasteiger partial charge in [0.1, 0.15) is 11.5 Å². The van der Waals surface area contributed by atoms with Gasteiger partial charge in [-0.15, -0.1) is 0 Å². The molecule has 0 atom stereocenters. The molecule has 1 aromatic heterocycles. The smallest absolute Gasteiger partial charge is 0.254 e. The summed E-state index contributed by atoms with van der Waals surface area (Å²) < 4.78 is 16.0. The SMILES string of the molecule is COc1cc(OC)cc(C(=O)N2CCN(Cc3nc(-c4ccc(C)cc4)no3)CC2)c1. The molecule has 4 rings (SSSR count). The molecule has 0 radical (unpaired) electrons. The molecular weight excluding hydrogens is 396 g/mol. The van der Waals surface area contributed by atoms with Gasteiger partial charge in [-0.2, -0.15) is 4.98 Å². The molecule has 1 amide bonds. The number of ether oxygens (including phenoxy) is 2. The number of piperazine rings is 1. The Labute approximate surface area is 181 Å². The summed E-state index contributed by atoms with van der Waals surface area (Å²) >= 11 is 0. The number of carbonyl (C=O) groups is 1. The molecule has 8 nitrogen and oxygen atoms in total. The van der Waals surface area contributed by atoms with Gasteiger partial charge in [0, 0.05) is 43.4 Å². The van der Waals surface area contributed by atoms with Crippen molar-refractivity contribution in [2.45, 2.75) is 13.5 Å². The van der Waals surface area contributed by atoms with E-state index in [-0.39, 0.29) is 5.91 Å². The monoisotopic (exact) mass is 422 g/mol. The van der Waals surface area contributed by atoms with Gasteiger partial charge in [0.2, 0.25) is 11.7 Å². The topological polar surface area (TPSA) is 80.9 Å². The van der Waals surface area contributed by atoms with Crippen LogP contribution in [0.3, 0.4) is 0 Å². The van der Waals surface area contributed by atoms with E-state index < -0.39 is 0 Å². The van der Waals surface area contributed by atoms with Gasteiger partial charge in [-0.1, -0.05) is 35.0 Å². The van der Waals surface area contributed by atoms with E-state index in [0.717, 1.165) is 18.7 Å². The fraction of sp³-hybridized carbons (Fsp3) is 0.348. The van der Waals surface area contributed by atoms with Crippen LogP contribution in [0.2, 0.25) is 0 Å². The summed E-state index contributed by atoms with van der Waals surface area (Å²) in [4.78, 5) is 21.5. The Kier molecular flexibility index (Phi) is 6.18. The number of hydrogen-bond acceptors (Lipinski definition) is 7. The van der Waals surface area contributed by atoms with Gasteiger partial charge in [-0.05, 0) is 19.1 Å². The lowest BCUT2D eigenvalue weighted by Crippen LogP contribution is -2.48. The van der Waals surface area contributed by atoms with Gasteiger partial charge in [0.25, 0.3) is 5.91 Å². The van der Waals surface area contributed by atoms with Crippen molar-refractivity contribution in [3.05, 3.63) is 59.5 Å². The van der Waals surface area contributed by atoms with Crippen LogP contribution in [0.5, 0.6) is 11.5 Å². The zero-order chi connectivity index (χ0) is 21.8. The summed E-state index contributed by atoms with van der Waals surface area (Å²) in [7, 11) is 3.15. The molecule has 0 aliphatic carbocycles. The second-order valence-corrected chi connectivity index (χ2v) is 7.55. The first-order valence-corrected chi connectivity index (χ1v) is 10.2. The second-order valence-electron chi connectivity index (χ2n) is 7.55. The molecule has 31 heavy (non-hydrogen) atoms. The third kappa shape index (κ3) is 4.86. The van der Waals surface area contributed by atoms with Crippen molar-refractivity contribution in [2.24, 2.45) is 0 Å². The van der Waals surface area contributed by atoms with Gasteiger partial charge in [-0.3, -0.25) is 9.69 Å². The van der Waals surface area contributed by atoms with Crippen LogP contribution in [0.4, 0.5) is 0 Å². The maximum atomic E-state index is 12.9. The van der Waals surface area contributed by atoms with Crippen molar-refractivity contribution in [1.82, 2.24) is 19.9 Å². The molecule has 2 aromatic carbocycles. The highest BCUT2D eigenvalue weighted by Gasteiger charge is 2.24.